The monoisotopic (exact) mass is 563 g/mol. The Morgan fingerprint density at radius 2 is 1.00 bits per heavy atom. The lowest BCUT2D eigenvalue weighted by atomic mass is 10.1. The van der Waals surface area contributed by atoms with Gasteiger partial charge >= 0.3 is 0 Å². The van der Waals surface area contributed by atoms with Gasteiger partial charge in [0.2, 0.25) is 0 Å². The van der Waals surface area contributed by atoms with Gasteiger partial charge in [-0.3, -0.25) is 4.98 Å². The number of rotatable bonds is 4. The number of benzene rings is 4. The molecule has 9 rings (SSSR count). The molecule has 206 valence electrons. The van der Waals surface area contributed by atoms with Crippen LogP contribution in [-0.4, -0.2) is 24.1 Å². The van der Waals surface area contributed by atoms with Crippen molar-refractivity contribution in [1.82, 2.24) is 24.1 Å². The number of hydrogen-bond acceptors (Lipinski definition) is 3. The molecule has 0 amide bonds. The van der Waals surface area contributed by atoms with E-state index in [0.717, 1.165) is 77.9 Å². The van der Waals surface area contributed by atoms with Crippen LogP contribution < -0.4 is 0 Å². The van der Waals surface area contributed by atoms with Crippen LogP contribution in [0.25, 0.3) is 77.9 Å². The average Bonchev–Trinajstić information content (AvgIpc) is 3.60. The second-order valence-electron chi connectivity index (χ2n) is 10.9. The number of para-hydroxylation sites is 2. The van der Waals surface area contributed by atoms with Crippen LogP contribution >= 0.6 is 0 Å². The molecule has 0 atom stereocenters. The van der Waals surface area contributed by atoms with Crippen molar-refractivity contribution in [1.29, 1.82) is 0 Å². The van der Waals surface area contributed by atoms with Gasteiger partial charge in [0.1, 0.15) is 11.0 Å². The van der Waals surface area contributed by atoms with Crippen molar-refractivity contribution in [2.45, 2.75) is 0 Å². The Morgan fingerprint density at radius 3 is 1.80 bits per heavy atom. The van der Waals surface area contributed by atoms with Gasteiger partial charge in [0.25, 0.3) is 0 Å². The molecule has 44 heavy (non-hydrogen) atoms. The van der Waals surface area contributed by atoms with Crippen LogP contribution in [0.4, 0.5) is 0 Å². The fourth-order valence-corrected chi connectivity index (χ4v) is 6.37. The second kappa shape index (κ2) is 9.75. The molecule has 5 heterocycles. The molecular weight excluding hydrogens is 538 g/mol. The molecule has 9 aromatic rings. The third-order valence-electron chi connectivity index (χ3n) is 8.37. The Hall–Kier alpha value is -6.07. The molecule has 0 unspecified atom stereocenters. The maximum absolute atomic E-state index is 5.32. The molecule has 0 fully saturated rings. The molecule has 0 radical (unpaired) electrons. The number of nitrogens with zero attached hydrogens (tertiary/aromatic N) is 5. The Morgan fingerprint density at radius 1 is 0.386 bits per heavy atom. The van der Waals surface area contributed by atoms with E-state index < -0.39 is 0 Å². The largest absolute Gasteiger partial charge is 0.308 e. The summed E-state index contributed by atoms with van der Waals surface area (Å²) in [6.45, 7) is 0. The van der Waals surface area contributed by atoms with Crippen molar-refractivity contribution in [3.63, 3.8) is 0 Å². The van der Waals surface area contributed by atoms with E-state index in [1.54, 1.807) is 0 Å². The minimum atomic E-state index is 0.902. The molecule has 0 aliphatic heterocycles. The Bertz CT molecular complexity index is 2470. The molecule has 5 nitrogen and oxygen atoms in total. The van der Waals surface area contributed by atoms with Gasteiger partial charge in [-0.15, -0.1) is 0 Å². The van der Waals surface area contributed by atoms with Crippen LogP contribution in [0.2, 0.25) is 0 Å². The van der Waals surface area contributed by atoms with E-state index in [9.17, 15) is 0 Å². The SMILES string of the molecule is c1ccc(-c2cccc(-c3ccc(-n4c5ccccc5c5nc6c7ncccc7n(-c7ccccc7)c6cc54)cc3)n2)cc1. The average molecular weight is 564 g/mol. The minimum Gasteiger partial charge on any atom is -0.308 e. The molecule has 0 spiro atoms. The summed E-state index contributed by atoms with van der Waals surface area (Å²) in [5.41, 5.74) is 13.3. The molecule has 5 heteroatoms. The van der Waals surface area contributed by atoms with Gasteiger partial charge in [-0.05, 0) is 60.7 Å². The molecule has 0 saturated heterocycles. The first-order chi connectivity index (χ1) is 21.8. The van der Waals surface area contributed by atoms with Gasteiger partial charge in [-0.2, -0.15) is 0 Å². The molecule has 0 N–H and O–H groups in total. The van der Waals surface area contributed by atoms with E-state index >= 15 is 0 Å². The zero-order valence-electron chi connectivity index (χ0n) is 23.7. The molecule has 0 saturated carbocycles. The van der Waals surface area contributed by atoms with Crippen molar-refractivity contribution in [3.05, 3.63) is 152 Å². The molecular formula is C39H25N5. The summed E-state index contributed by atoms with van der Waals surface area (Å²) >= 11 is 0. The number of aromatic nitrogens is 5. The minimum absolute atomic E-state index is 0.902. The second-order valence-corrected chi connectivity index (χ2v) is 10.9. The highest BCUT2D eigenvalue weighted by Crippen LogP contribution is 2.37. The predicted octanol–water partition coefficient (Wildman–Crippen LogP) is 9.40. The quantitative estimate of drug-likeness (QED) is 0.214. The van der Waals surface area contributed by atoms with Gasteiger partial charge in [-0.1, -0.05) is 84.9 Å². The maximum Gasteiger partial charge on any atom is 0.116 e. The van der Waals surface area contributed by atoms with Gasteiger partial charge in [0, 0.05) is 34.1 Å². The zero-order chi connectivity index (χ0) is 29.0. The van der Waals surface area contributed by atoms with Crippen molar-refractivity contribution in [3.8, 4) is 33.9 Å². The van der Waals surface area contributed by atoms with Gasteiger partial charge in [0.15, 0.2) is 0 Å². The normalized spacial score (nSPS) is 11.6. The van der Waals surface area contributed by atoms with E-state index in [1.165, 1.54) is 0 Å². The first-order valence-corrected chi connectivity index (χ1v) is 14.7. The van der Waals surface area contributed by atoms with Crippen LogP contribution in [0.5, 0.6) is 0 Å². The van der Waals surface area contributed by atoms with Crippen molar-refractivity contribution in [2.75, 3.05) is 0 Å². The number of fused-ring (bicyclic) bond motifs is 6. The van der Waals surface area contributed by atoms with Gasteiger partial charge in [-0.25, -0.2) is 9.97 Å². The molecule has 0 aliphatic carbocycles. The lowest BCUT2D eigenvalue weighted by Crippen LogP contribution is -1.96. The highest BCUT2D eigenvalue weighted by Gasteiger charge is 2.20. The summed E-state index contributed by atoms with van der Waals surface area (Å²) in [6.07, 6.45) is 1.85. The highest BCUT2D eigenvalue weighted by molar-refractivity contribution is 6.14. The van der Waals surface area contributed by atoms with Gasteiger partial charge < -0.3 is 9.13 Å². The Balaban J connectivity index is 1.25. The van der Waals surface area contributed by atoms with Crippen LogP contribution in [0.3, 0.4) is 0 Å². The predicted molar refractivity (Wildman–Crippen MR) is 179 cm³/mol. The summed E-state index contributed by atoms with van der Waals surface area (Å²) in [6, 6.07) is 50.5. The molecule has 5 aromatic heterocycles. The van der Waals surface area contributed by atoms with E-state index in [0.29, 0.717) is 0 Å². The van der Waals surface area contributed by atoms with Gasteiger partial charge in [0.05, 0.1) is 39.0 Å². The lowest BCUT2D eigenvalue weighted by molar-refractivity contribution is 1.16. The topological polar surface area (TPSA) is 48.5 Å². The summed E-state index contributed by atoms with van der Waals surface area (Å²) in [4.78, 5) is 15.1. The standard InChI is InChI=1S/C39H25N5/c1-3-11-26(12-4-1)31-16-9-17-32(41-31)27-20-22-29(23-21-27)43-33-18-8-7-15-30(33)37-35(43)25-36-39(42-37)38-34(19-10-24-40-38)44(36)28-13-5-2-6-14-28/h1-25H. The highest BCUT2D eigenvalue weighted by atomic mass is 15.0. The van der Waals surface area contributed by atoms with Crippen LogP contribution in [0.15, 0.2) is 152 Å². The van der Waals surface area contributed by atoms with E-state index in [2.05, 4.69) is 124 Å². The van der Waals surface area contributed by atoms with Crippen LogP contribution in [0.1, 0.15) is 0 Å². The smallest absolute Gasteiger partial charge is 0.116 e. The van der Waals surface area contributed by atoms with E-state index in [4.69, 9.17) is 15.0 Å². The van der Waals surface area contributed by atoms with E-state index in [-0.39, 0.29) is 0 Å². The fourth-order valence-electron chi connectivity index (χ4n) is 6.37. The molecule has 0 bridgehead atoms. The molecule has 4 aromatic carbocycles. The number of pyridine rings is 3. The third-order valence-corrected chi connectivity index (χ3v) is 8.37. The Kier molecular flexibility index (Phi) is 5.43. The van der Waals surface area contributed by atoms with Crippen molar-refractivity contribution < 1.29 is 0 Å². The first-order valence-electron chi connectivity index (χ1n) is 14.7. The van der Waals surface area contributed by atoms with Crippen LogP contribution in [-0.2, 0) is 0 Å². The first kappa shape index (κ1) is 24.5. The fraction of sp³-hybridized carbons (Fsp3) is 0. The Labute approximate surface area is 253 Å². The number of hydrogen-bond donors (Lipinski definition) is 0. The zero-order valence-corrected chi connectivity index (χ0v) is 23.7. The lowest BCUT2D eigenvalue weighted by Gasteiger charge is -2.11. The summed E-state index contributed by atoms with van der Waals surface area (Å²) in [5.74, 6) is 0. The summed E-state index contributed by atoms with van der Waals surface area (Å²) < 4.78 is 4.58. The molecule has 0 aliphatic rings. The third kappa shape index (κ3) is 3.76. The maximum atomic E-state index is 5.32. The summed E-state index contributed by atoms with van der Waals surface area (Å²) in [5, 5.41) is 1.11. The van der Waals surface area contributed by atoms with E-state index in [1.807, 2.05) is 36.5 Å². The van der Waals surface area contributed by atoms with Crippen molar-refractivity contribution in [2.24, 2.45) is 0 Å². The van der Waals surface area contributed by atoms with Crippen LogP contribution in [0, 0.1) is 0 Å². The summed E-state index contributed by atoms with van der Waals surface area (Å²) in [7, 11) is 0. The van der Waals surface area contributed by atoms with Crippen molar-refractivity contribution >= 4 is 44.0 Å².